The quantitative estimate of drug-likeness (QED) is 0.591. The van der Waals surface area contributed by atoms with Gasteiger partial charge in [0.05, 0.1) is 16.9 Å². The highest BCUT2D eigenvalue weighted by Gasteiger charge is 2.49. The summed E-state index contributed by atoms with van der Waals surface area (Å²) in [5.41, 5.74) is 3.19. The van der Waals surface area contributed by atoms with Crippen molar-refractivity contribution < 1.29 is 9.30 Å². The largest absolute Gasteiger partial charge is 0.433 e. The number of allylic oxidation sites excluding steroid dienone is 2. The van der Waals surface area contributed by atoms with Crippen LogP contribution < -0.4 is 4.57 Å². The van der Waals surface area contributed by atoms with Crippen LogP contribution in [0.2, 0.25) is 0 Å². The molecule has 114 valence electrons. The van der Waals surface area contributed by atoms with Gasteiger partial charge in [0.2, 0.25) is 5.69 Å². The smallest absolute Gasteiger partial charge is 0.336 e. The van der Waals surface area contributed by atoms with E-state index in [9.17, 15) is 0 Å². The molecule has 0 spiro atoms. The first-order valence-electron chi connectivity index (χ1n) is 8.04. The Morgan fingerprint density at radius 3 is 2.73 bits per heavy atom. The highest BCUT2D eigenvalue weighted by atomic mass is 16.5. The number of aromatic nitrogens is 1. The molecule has 2 nitrogen and oxygen atoms in total. The zero-order chi connectivity index (χ0) is 15.7. The van der Waals surface area contributed by atoms with E-state index in [1.54, 1.807) is 0 Å². The van der Waals surface area contributed by atoms with Gasteiger partial charge < -0.3 is 4.74 Å². The zero-order valence-corrected chi connectivity index (χ0v) is 13.8. The molecule has 0 N–H and O–H groups in total. The van der Waals surface area contributed by atoms with Crippen molar-refractivity contribution >= 4 is 0 Å². The normalized spacial score (nSPS) is 21.2. The second-order valence-electron chi connectivity index (χ2n) is 6.25. The maximum atomic E-state index is 6.45. The monoisotopic (exact) mass is 294 g/mol. The molecule has 1 aromatic carbocycles. The minimum absolute atomic E-state index is 0.485. The van der Waals surface area contributed by atoms with Crippen molar-refractivity contribution in [3.05, 3.63) is 66.1 Å². The molecule has 2 heterocycles. The molecule has 22 heavy (non-hydrogen) atoms. The molecule has 2 unspecified atom stereocenters. The lowest BCUT2D eigenvalue weighted by Gasteiger charge is -2.23. The summed E-state index contributed by atoms with van der Waals surface area (Å²) in [6.07, 6.45) is 5.44. The van der Waals surface area contributed by atoms with Crippen molar-refractivity contribution in [3.8, 4) is 11.3 Å². The summed E-state index contributed by atoms with van der Waals surface area (Å²) >= 11 is 0. The Kier molecular flexibility index (Phi) is 3.78. The fourth-order valence-electron chi connectivity index (χ4n) is 3.25. The van der Waals surface area contributed by atoms with E-state index in [0.29, 0.717) is 5.92 Å². The zero-order valence-electron chi connectivity index (χ0n) is 13.8. The van der Waals surface area contributed by atoms with Crippen molar-refractivity contribution in [2.24, 2.45) is 5.92 Å². The fourth-order valence-corrected chi connectivity index (χ4v) is 3.25. The van der Waals surface area contributed by atoms with E-state index in [-0.39, 0.29) is 0 Å². The molecule has 1 aliphatic rings. The van der Waals surface area contributed by atoms with Gasteiger partial charge in [-0.2, -0.15) is 4.57 Å². The predicted molar refractivity (Wildman–Crippen MR) is 89.1 cm³/mol. The van der Waals surface area contributed by atoms with Crippen LogP contribution in [0.1, 0.15) is 39.7 Å². The van der Waals surface area contributed by atoms with E-state index < -0.39 is 5.72 Å². The molecule has 0 radical (unpaired) electrons. The van der Waals surface area contributed by atoms with Crippen molar-refractivity contribution in [2.45, 2.75) is 39.8 Å². The molecule has 3 rings (SSSR count). The van der Waals surface area contributed by atoms with E-state index in [1.165, 1.54) is 16.8 Å². The van der Waals surface area contributed by atoms with E-state index >= 15 is 0 Å². The van der Waals surface area contributed by atoms with Crippen LogP contribution in [-0.4, -0.2) is 0 Å². The summed E-state index contributed by atoms with van der Waals surface area (Å²) in [6.45, 7) is 8.63. The van der Waals surface area contributed by atoms with Gasteiger partial charge in [0.1, 0.15) is 0 Å². The summed E-state index contributed by atoms with van der Waals surface area (Å²) < 4.78 is 8.68. The van der Waals surface area contributed by atoms with Gasteiger partial charge in [-0.25, -0.2) is 0 Å². The molecule has 1 aromatic heterocycles. The van der Waals surface area contributed by atoms with Crippen LogP contribution in [0, 0.1) is 5.92 Å². The van der Waals surface area contributed by atoms with Gasteiger partial charge in [-0.3, -0.25) is 0 Å². The van der Waals surface area contributed by atoms with Gasteiger partial charge in [0.15, 0.2) is 6.20 Å². The van der Waals surface area contributed by atoms with E-state index in [0.717, 1.165) is 12.2 Å². The summed E-state index contributed by atoms with van der Waals surface area (Å²) in [5, 5.41) is 0. The first kappa shape index (κ1) is 14.8. The standard InChI is InChI=1S/C20H24NO/c1-5-15(2)14-16(3)22-20(4)18-11-7-6-10-17(18)19-12-8-9-13-21(19)20/h6-15H,5H2,1-4H3/q+1/b16-14-. The number of hydrogen-bond acceptors (Lipinski definition) is 1. The van der Waals surface area contributed by atoms with Crippen molar-refractivity contribution in [1.29, 1.82) is 0 Å². The third kappa shape index (κ3) is 2.33. The van der Waals surface area contributed by atoms with Crippen LogP contribution in [0.4, 0.5) is 0 Å². The SMILES string of the molecule is CCC(C)/C=C(/C)OC1(C)c2ccccc2-c2cccc[n+]21. The predicted octanol–water partition coefficient (Wildman–Crippen LogP) is 4.64. The first-order valence-corrected chi connectivity index (χ1v) is 8.04. The van der Waals surface area contributed by atoms with E-state index in [1.807, 2.05) is 0 Å². The van der Waals surface area contributed by atoms with Gasteiger partial charge in [-0.15, -0.1) is 0 Å². The lowest BCUT2D eigenvalue weighted by atomic mass is 10.0. The van der Waals surface area contributed by atoms with Gasteiger partial charge in [0.25, 0.3) is 0 Å². The average Bonchev–Trinajstić information content (AvgIpc) is 2.77. The van der Waals surface area contributed by atoms with Gasteiger partial charge >= 0.3 is 5.72 Å². The third-order valence-electron chi connectivity index (χ3n) is 4.55. The Labute approximate surface area is 133 Å². The Morgan fingerprint density at radius 2 is 1.95 bits per heavy atom. The number of fused-ring (bicyclic) bond motifs is 3. The molecule has 2 heteroatoms. The van der Waals surface area contributed by atoms with E-state index in [4.69, 9.17) is 4.74 Å². The van der Waals surface area contributed by atoms with Crippen LogP contribution in [-0.2, 0) is 10.5 Å². The molecule has 1 aliphatic heterocycles. The van der Waals surface area contributed by atoms with Gasteiger partial charge in [0, 0.05) is 19.1 Å². The Morgan fingerprint density at radius 1 is 1.23 bits per heavy atom. The van der Waals surface area contributed by atoms with Crippen LogP contribution in [0.25, 0.3) is 11.3 Å². The Hall–Kier alpha value is -2.09. The molecule has 0 bridgehead atoms. The number of ether oxygens (including phenoxy) is 1. The molecule has 0 aliphatic carbocycles. The first-order chi connectivity index (χ1) is 10.6. The number of nitrogens with zero attached hydrogens (tertiary/aromatic N) is 1. The fraction of sp³-hybridized carbons (Fsp3) is 0.350. The highest BCUT2D eigenvalue weighted by molar-refractivity contribution is 5.64. The molecule has 0 saturated heterocycles. The number of rotatable bonds is 4. The number of pyridine rings is 1. The molecular formula is C20H24NO+. The Balaban J connectivity index is 2.07. The van der Waals surface area contributed by atoms with Crippen LogP contribution in [0.15, 0.2) is 60.5 Å². The third-order valence-corrected chi connectivity index (χ3v) is 4.55. The average molecular weight is 294 g/mol. The summed E-state index contributed by atoms with van der Waals surface area (Å²) in [6, 6.07) is 14.8. The van der Waals surface area contributed by atoms with Crippen LogP contribution in [0.5, 0.6) is 0 Å². The lowest BCUT2D eigenvalue weighted by molar-refractivity contribution is -0.776. The van der Waals surface area contributed by atoms with Crippen molar-refractivity contribution in [1.82, 2.24) is 0 Å². The maximum Gasteiger partial charge on any atom is 0.336 e. The lowest BCUT2D eigenvalue weighted by Crippen LogP contribution is -2.54. The summed E-state index contributed by atoms with van der Waals surface area (Å²) in [7, 11) is 0. The highest BCUT2D eigenvalue weighted by Crippen LogP contribution is 2.38. The molecule has 2 aromatic rings. The topological polar surface area (TPSA) is 13.1 Å². The molecular weight excluding hydrogens is 270 g/mol. The Bertz CT molecular complexity index is 672. The van der Waals surface area contributed by atoms with Crippen molar-refractivity contribution in [3.63, 3.8) is 0 Å². The minimum Gasteiger partial charge on any atom is -0.433 e. The maximum absolute atomic E-state index is 6.45. The minimum atomic E-state index is -0.485. The number of benzene rings is 1. The van der Waals surface area contributed by atoms with Crippen molar-refractivity contribution in [2.75, 3.05) is 0 Å². The molecule has 0 saturated carbocycles. The van der Waals surface area contributed by atoms with Gasteiger partial charge in [-0.05, 0) is 43.5 Å². The molecule has 0 fully saturated rings. The van der Waals surface area contributed by atoms with Crippen LogP contribution in [0.3, 0.4) is 0 Å². The molecule has 0 amide bonds. The summed E-state index contributed by atoms with van der Waals surface area (Å²) in [5.74, 6) is 1.51. The second kappa shape index (κ2) is 5.60. The molecule has 2 atom stereocenters. The van der Waals surface area contributed by atoms with E-state index in [2.05, 4.69) is 87.0 Å². The van der Waals surface area contributed by atoms with Crippen LogP contribution >= 0.6 is 0 Å². The summed E-state index contributed by atoms with van der Waals surface area (Å²) in [4.78, 5) is 0. The second-order valence-corrected chi connectivity index (χ2v) is 6.25. The van der Waals surface area contributed by atoms with Gasteiger partial charge in [-0.1, -0.05) is 26.0 Å². The number of hydrogen-bond donors (Lipinski definition) is 0.